The Kier molecular flexibility index (Phi) is 4.98. The van der Waals surface area contributed by atoms with Crippen molar-refractivity contribution in [3.05, 3.63) is 29.3 Å². The van der Waals surface area contributed by atoms with Crippen molar-refractivity contribution in [2.45, 2.75) is 44.9 Å². The van der Waals surface area contributed by atoms with Gasteiger partial charge in [-0.25, -0.2) is 0 Å². The van der Waals surface area contributed by atoms with Gasteiger partial charge in [0.2, 0.25) is 0 Å². The maximum Gasteiger partial charge on any atom is 0.193 e. The third-order valence-electron chi connectivity index (χ3n) is 5.04. The lowest BCUT2D eigenvalue weighted by atomic mass is 9.82. The SMILES string of the molecule is NC(=NC[C@H]1CCC[C@@H](CO)C1)Nc1ccc2c(c1)CCC2. The predicted molar refractivity (Wildman–Crippen MR) is 91.1 cm³/mol. The molecule has 1 fully saturated rings. The lowest BCUT2D eigenvalue weighted by Crippen LogP contribution is -2.25. The molecule has 22 heavy (non-hydrogen) atoms. The van der Waals surface area contributed by atoms with Crippen LogP contribution in [0.2, 0.25) is 0 Å². The van der Waals surface area contributed by atoms with Gasteiger partial charge in [0.15, 0.2) is 5.96 Å². The van der Waals surface area contributed by atoms with Crippen molar-refractivity contribution in [1.82, 2.24) is 0 Å². The quantitative estimate of drug-likeness (QED) is 0.591. The van der Waals surface area contributed by atoms with E-state index in [1.807, 2.05) is 0 Å². The molecule has 4 nitrogen and oxygen atoms in total. The van der Waals surface area contributed by atoms with Gasteiger partial charge in [-0.05, 0) is 73.6 Å². The second kappa shape index (κ2) is 7.14. The number of aliphatic hydroxyl groups is 1. The van der Waals surface area contributed by atoms with E-state index in [0.29, 0.717) is 24.4 Å². The Balaban J connectivity index is 1.54. The summed E-state index contributed by atoms with van der Waals surface area (Å²) in [5.74, 6) is 1.52. The van der Waals surface area contributed by atoms with E-state index in [1.165, 1.54) is 43.2 Å². The Labute approximate surface area is 132 Å². The topological polar surface area (TPSA) is 70.6 Å². The summed E-state index contributed by atoms with van der Waals surface area (Å²) in [5, 5.41) is 12.5. The normalized spacial score (nSPS) is 25.0. The van der Waals surface area contributed by atoms with Crippen LogP contribution in [0.1, 0.15) is 43.2 Å². The van der Waals surface area contributed by atoms with Crippen LogP contribution in [0.3, 0.4) is 0 Å². The van der Waals surface area contributed by atoms with Gasteiger partial charge in [-0.3, -0.25) is 4.99 Å². The fourth-order valence-corrected chi connectivity index (χ4v) is 3.80. The van der Waals surface area contributed by atoms with Crippen LogP contribution < -0.4 is 11.1 Å². The van der Waals surface area contributed by atoms with Gasteiger partial charge < -0.3 is 16.2 Å². The number of aryl methyl sites for hydroxylation is 2. The second-order valence-electron chi connectivity index (χ2n) is 6.77. The van der Waals surface area contributed by atoms with Gasteiger partial charge >= 0.3 is 0 Å². The van der Waals surface area contributed by atoms with Crippen molar-refractivity contribution in [2.75, 3.05) is 18.5 Å². The molecule has 1 aromatic carbocycles. The largest absolute Gasteiger partial charge is 0.396 e. The van der Waals surface area contributed by atoms with Crippen molar-refractivity contribution in [3.8, 4) is 0 Å². The molecule has 0 bridgehead atoms. The number of rotatable bonds is 4. The molecule has 0 saturated heterocycles. The smallest absolute Gasteiger partial charge is 0.193 e. The molecule has 120 valence electrons. The molecule has 0 unspecified atom stereocenters. The third kappa shape index (κ3) is 3.80. The lowest BCUT2D eigenvalue weighted by molar-refractivity contribution is 0.163. The molecule has 4 N–H and O–H groups in total. The summed E-state index contributed by atoms with van der Waals surface area (Å²) in [7, 11) is 0. The van der Waals surface area contributed by atoms with Crippen LogP contribution in [0.4, 0.5) is 5.69 Å². The highest BCUT2D eigenvalue weighted by Gasteiger charge is 2.21. The maximum atomic E-state index is 9.29. The monoisotopic (exact) mass is 301 g/mol. The molecule has 1 aromatic rings. The number of hydrogen-bond acceptors (Lipinski definition) is 2. The third-order valence-corrected chi connectivity index (χ3v) is 5.04. The molecule has 2 aliphatic carbocycles. The molecule has 2 aliphatic rings. The summed E-state index contributed by atoms with van der Waals surface area (Å²) in [6, 6.07) is 6.49. The first-order chi connectivity index (χ1) is 10.7. The summed E-state index contributed by atoms with van der Waals surface area (Å²) < 4.78 is 0. The van der Waals surface area contributed by atoms with Gasteiger partial charge in [0.1, 0.15) is 0 Å². The van der Waals surface area contributed by atoms with E-state index >= 15 is 0 Å². The molecular weight excluding hydrogens is 274 g/mol. The first kappa shape index (κ1) is 15.3. The van der Waals surface area contributed by atoms with Crippen LogP contribution in [0.15, 0.2) is 23.2 Å². The number of nitrogens with zero attached hydrogens (tertiary/aromatic N) is 1. The van der Waals surface area contributed by atoms with E-state index < -0.39 is 0 Å². The highest BCUT2D eigenvalue weighted by atomic mass is 16.3. The summed E-state index contributed by atoms with van der Waals surface area (Å²) in [4.78, 5) is 4.51. The van der Waals surface area contributed by atoms with Crippen molar-refractivity contribution in [1.29, 1.82) is 0 Å². The summed E-state index contributed by atoms with van der Waals surface area (Å²) >= 11 is 0. The minimum Gasteiger partial charge on any atom is -0.396 e. The molecule has 4 heteroatoms. The number of aliphatic imine (C=N–C) groups is 1. The first-order valence-electron chi connectivity index (χ1n) is 8.54. The minimum atomic E-state index is 0.309. The zero-order chi connectivity index (χ0) is 15.4. The van der Waals surface area contributed by atoms with Gasteiger partial charge in [-0.15, -0.1) is 0 Å². The van der Waals surface area contributed by atoms with Crippen LogP contribution in [0, 0.1) is 11.8 Å². The molecule has 0 heterocycles. The molecule has 1 saturated carbocycles. The molecule has 2 atom stereocenters. The fraction of sp³-hybridized carbons (Fsp3) is 0.611. The van der Waals surface area contributed by atoms with Crippen LogP contribution in [-0.4, -0.2) is 24.2 Å². The van der Waals surface area contributed by atoms with Gasteiger partial charge in [0, 0.05) is 18.8 Å². The van der Waals surface area contributed by atoms with E-state index in [2.05, 4.69) is 28.5 Å². The summed E-state index contributed by atoms with van der Waals surface area (Å²) in [6.45, 7) is 1.07. The number of nitrogens with two attached hydrogens (primary N) is 1. The van der Waals surface area contributed by atoms with E-state index in [0.717, 1.165) is 25.1 Å². The average Bonchev–Trinajstić information content (AvgIpc) is 3.01. The molecule has 3 rings (SSSR count). The van der Waals surface area contributed by atoms with Crippen molar-refractivity contribution < 1.29 is 5.11 Å². The highest BCUT2D eigenvalue weighted by molar-refractivity contribution is 5.92. The molecule has 0 radical (unpaired) electrons. The summed E-state index contributed by atoms with van der Waals surface area (Å²) in [6.07, 6.45) is 8.26. The van der Waals surface area contributed by atoms with E-state index in [1.54, 1.807) is 0 Å². The Bertz CT molecular complexity index is 541. The van der Waals surface area contributed by atoms with Crippen LogP contribution in [-0.2, 0) is 12.8 Å². The number of guanidine groups is 1. The molecule has 0 amide bonds. The van der Waals surface area contributed by atoms with E-state index in [4.69, 9.17) is 5.73 Å². The van der Waals surface area contributed by atoms with Crippen molar-refractivity contribution >= 4 is 11.6 Å². The van der Waals surface area contributed by atoms with Crippen molar-refractivity contribution in [2.24, 2.45) is 22.6 Å². The molecule has 0 aromatic heterocycles. The molecule has 0 spiro atoms. The Morgan fingerprint density at radius 3 is 2.86 bits per heavy atom. The first-order valence-corrected chi connectivity index (χ1v) is 8.54. The number of nitrogens with one attached hydrogen (secondary N) is 1. The maximum absolute atomic E-state index is 9.29. The van der Waals surface area contributed by atoms with Crippen LogP contribution in [0.25, 0.3) is 0 Å². The number of aliphatic hydroxyl groups excluding tert-OH is 1. The van der Waals surface area contributed by atoms with Gasteiger partial charge in [-0.1, -0.05) is 12.5 Å². The van der Waals surface area contributed by atoms with Crippen molar-refractivity contribution in [3.63, 3.8) is 0 Å². The van der Waals surface area contributed by atoms with Gasteiger partial charge in [-0.2, -0.15) is 0 Å². The minimum absolute atomic E-state index is 0.309. The Morgan fingerprint density at radius 1 is 1.18 bits per heavy atom. The van der Waals surface area contributed by atoms with Gasteiger partial charge in [0.05, 0.1) is 0 Å². The van der Waals surface area contributed by atoms with E-state index in [-0.39, 0.29) is 0 Å². The Hall–Kier alpha value is -1.55. The predicted octanol–water partition coefficient (Wildman–Crippen LogP) is 2.70. The van der Waals surface area contributed by atoms with E-state index in [9.17, 15) is 5.11 Å². The van der Waals surface area contributed by atoms with Crippen LogP contribution in [0.5, 0.6) is 0 Å². The molecular formula is C18H27N3O. The number of benzene rings is 1. The average molecular weight is 301 g/mol. The van der Waals surface area contributed by atoms with Crippen LogP contribution >= 0.6 is 0 Å². The second-order valence-corrected chi connectivity index (χ2v) is 6.77. The fourth-order valence-electron chi connectivity index (χ4n) is 3.80. The lowest BCUT2D eigenvalue weighted by Gasteiger charge is -2.26. The highest BCUT2D eigenvalue weighted by Crippen LogP contribution is 2.29. The zero-order valence-corrected chi connectivity index (χ0v) is 13.2. The van der Waals surface area contributed by atoms with Gasteiger partial charge in [0.25, 0.3) is 0 Å². The molecule has 0 aliphatic heterocycles. The number of hydrogen-bond donors (Lipinski definition) is 3. The zero-order valence-electron chi connectivity index (χ0n) is 13.2. The standard InChI is InChI=1S/C18H27N3O/c19-18(20-11-13-3-1-4-14(9-13)12-22)21-17-8-7-15-5-2-6-16(15)10-17/h7-8,10,13-14,22H,1-6,9,11-12H2,(H3,19,20,21)/t13-,14+/m0/s1. The summed E-state index contributed by atoms with van der Waals surface area (Å²) in [5.41, 5.74) is 9.98. The Morgan fingerprint density at radius 2 is 2.00 bits per heavy atom. The number of fused-ring (bicyclic) bond motifs is 1. The number of anilines is 1.